The first-order valence-corrected chi connectivity index (χ1v) is 21.7. The van der Waals surface area contributed by atoms with Gasteiger partial charge in [0.2, 0.25) is 0 Å². The van der Waals surface area contributed by atoms with Gasteiger partial charge >= 0.3 is 11.9 Å². The summed E-state index contributed by atoms with van der Waals surface area (Å²) < 4.78 is 22.1. The predicted molar refractivity (Wildman–Crippen MR) is 219 cm³/mol. The summed E-state index contributed by atoms with van der Waals surface area (Å²) in [7, 11) is 0. The van der Waals surface area contributed by atoms with Gasteiger partial charge in [-0.1, -0.05) is 146 Å². The first-order chi connectivity index (χ1) is 26.8. The van der Waals surface area contributed by atoms with E-state index in [1.807, 2.05) is 18.2 Å². The molecule has 0 aromatic rings. The number of hydrogen-bond donors (Lipinski definition) is 4. The van der Waals surface area contributed by atoms with Crippen molar-refractivity contribution in [2.45, 2.75) is 205 Å². The number of rotatable bonds is 35. The molecule has 3 unspecified atom stereocenters. The highest BCUT2D eigenvalue weighted by molar-refractivity contribution is 5.70. The van der Waals surface area contributed by atoms with Crippen molar-refractivity contribution in [2.75, 3.05) is 19.8 Å². The Morgan fingerprint density at radius 3 is 1.65 bits per heavy atom. The molecule has 0 spiro atoms. The van der Waals surface area contributed by atoms with Gasteiger partial charge in [-0.25, -0.2) is 0 Å². The highest BCUT2D eigenvalue weighted by Gasteiger charge is 2.44. The first kappa shape index (κ1) is 50.7. The SMILES string of the molecule is CC/C=C/C=C/C=C/CCCCCCCC(=O)OC(COC(=O)CCCCCCCCC/C=C/CCCCCCCC)CO[C@H]1O[C@@H](CO)[C@@H](O)C(O)C1O. The van der Waals surface area contributed by atoms with Gasteiger partial charge in [0.25, 0.3) is 0 Å². The Balaban J connectivity index is 2.35. The van der Waals surface area contributed by atoms with E-state index < -0.39 is 49.4 Å². The molecule has 10 heteroatoms. The topological polar surface area (TPSA) is 152 Å². The van der Waals surface area contributed by atoms with Gasteiger partial charge in [0.15, 0.2) is 12.4 Å². The average Bonchev–Trinajstić information content (AvgIpc) is 3.18. The fourth-order valence-electron chi connectivity index (χ4n) is 6.30. The smallest absolute Gasteiger partial charge is 0.306 e. The third kappa shape index (κ3) is 27.8. The lowest BCUT2D eigenvalue weighted by atomic mass is 9.99. The molecule has 0 amide bonds. The lowest BCUT2D eigenvalue weighted by Crippen LogP contribution is -2.59. The third-order valence-electron chi connectivity index (χ3n) is 9.76. The Kier molecular flexibility index (Phi) is 33.2. The summed E-state index contributed by atoms with van der Waals surface area (Å²) in [6, 6.07) is 0. The minimum atomic E-state index is -1.60. The molecule has 1 fully saturated rings. The van der Waals surface area contributed by atoms with Crippen molar-refractivity contribution in [2.24, 2.45) is 0 Å². The summed E-state index contributed by atoms with van der Waals surface area (Å²) in [6.07, 6.45) is 34.0. The van der Waals surface area contributed by atoms with Crippen LogP contribution in [0, 0.1) is 0 Å². The van der Waals surface area contributed by atoms with E-state index >= 15 is 0 Å². The van der Waals surface area contributed by atoms with Gasteiger partial charge in [0.05, 0.1) is 13.2 Å². The van der Waals surface area contributed by atoms with Crippen LogP contribution in [-0.4, -0.2) is 89.0 Å². The van der Waals surface area contributed by atoms with E-state index in [0.717, 1.165) is 70.6 Å². The molecule has 1 aliphatic heterocycles. The lowest BCUT2D eigenvalue weighted by Gasteiger charge is -2.39. The second-order valence-electron chi connectivity index (χ2n) is 14.8. The molecule has 10 nitrogen and oxygen atoms in total. The molecule has 0 aromatic heterocycles. The van der Waals surface area contributed by atoms with E-state index in [4.69, 9.17) is 18.9 Å². The standard InChI is InChI=1S/C45H78O10/c1-3-5-7-9-11-13-15-17-18-19-20-22-23-25-27-29-31-33-40(47)52-36-38(37-53-45-44(51)43(50)42(49)39(35-46)55-45)54-41(48)34-32-30-28-26-24-21-16-14-12-10-8-6-4-2/h6,8,10,12,14,16-18,38-39,42-46,49-51H,3-5,7,9,11,13,15,19-37H2,1-2H3/b8-6+,12-10+,16-14+,18-17+/t38?,39-,42+,43?,44?,45-/m0/s1. The first-order valence-electron chi connectivity index (χ1n) is 21.7. The van der Waals surface area contributed by atoms with Crippen molar-refractivity contribution < 1.29 is 49.0 Å². The van der Waals surface area contributed by atoms with E-state index in [1.54, 1.807) is 0 Å². The molecular formula is C45H78O10. The molecule has 1 saturated heterocycles. The minimum Gasteiger partial charge on any atom is -0.462 e. The third-order valence-corrected chi connectivity index (χ3v) is 9.76. The molecule has 55 heavy (non-hydrogen) atoms. The van der Waals surface area contributed by atoms with E-state index in [-0.39, 0.29) is 32.0 Å². The minimum absolute atomic E-state index is 0.205. The number of hydrogen-bond acceptors (Lipinski definition) is 10. The van der Waals surface area contributed by atoms with Crippen LogP contribution in [-0.2, 0) is 28.5 Å². The zero-order valence-electron chi connectivity index (χ0n) is 34.4. The molecule has 0 saturated carbocycles. The molecule has 0 aromatic carbocycles. The summed E-state index contributed by atoms with van der Waals surface area (Å²) in [5, 5.41) is 40.0. The number of aliphatic hydroxyl groups is 4. The van der Waals surface area contributed by atoms with Crippen LogP contribution in [0.2, 0.25) is 0 Å². The number of aliphatic hydroxyl groups excluding tert-OH is 4. The van der Waals surface area contributed by atoms with Gasteiger partial charge in [0.1, 0.15) is 31.0 Å². The summed E-state index contributed by atoms with van der Waals surface area (Å²) in [4.78, 5) is 25.3. The molecule has 1 rings (SSSR count). The second kappa shape index (κ2) is 36.0. The Labute approximate surface area is 333 Å². The van der Waals surface area contributed by atoms with Crippen LogP contribution in [0.4, 0.5) is 0 Å². The van der Waals surface area contributed by atoms with Crippen molar-refractivity contribution in [3.05, 3.63) is 48.6 Å². The zero-order valence-corrected chi connectivity index (χ0v) is 34.4. The molecule has 0 aliphatic carbocycles. The number of ether oxygens (including phenoxy) is 4. The average molecular weight is 779 g/mol. The van der Waals surface area contributed by atoms with Crippen molar-refractivity contribution in [3.8, 4) is 0 Å². The van der Waals surface area contributed by atoms with Crippen LogP contribution in [0.5, 0.6) is 0 Å². The van der Waals surface area contributed by atoms with Crippen molar-refractivity contribution >= 4 is 11.9 Å². The molecule has 0 radical (unpaired) electrons. The summed E-state index contributed by atoms with van der Waals surface area (Å²) in [6.45, 7) is 3.25. The maximum Gasteiger partial charge on any atom is 0.306 e. The summed E-state index contributed by atoms with van der Waals surface area (Å²) in [5.41, 5.74) is 0. The highest BCUT2D eigenvalue weighted by atomic mass is 16.7. The van der Waals surface area contributed by atoms with Crippen LogP contribution in [0.3, 0.4) is 0 Å². The zero-order chi connectivity index (χ0) is 40.2. The summed E-state index contributed by atoms with van der Waals surface area (Å²) >= 11 is 0. The van der Waals surface area contributed by atoms with Gasteiger partial charge < -0.3 is 39.4 Å². The molecule has 6 atom stereocenters. The molecule has 318 valence electrons. The number of allylic oxidation sites excluding steroid dienone is 8. The fourth-order valence-corrected chi connectivity index (χ4v) is 6.30. The largest absolute Gasteiger partial charge is 0.462 e. The van der Waals surface area contributed by atoms with E-state index in [9.17, 15) is 30.0 Å². The van der Waals surface area contributed by atoms with Crippen LogP contribution in [0.1, 0.15) is 168 Å². The van der Waals surface area contributed by atoms with Crippen LogP contribution < -0.4 is 0 Å². The van der Waals surface area contributed by atoms with Crippen LogP contribution in [0.25, 0.3) is 0 Å². The maximum absolute atomic E-state index is 12.7. The molecule has 1 aliphatic rings. The van der Waals surface area contributed by atoms with Gasteiger partial charge in [0, 0.05) is 12.8 Å². The van der Waals surface area contributed by atoms with Crippen molar-refractivity contribution in [1.82, 2.24) is 0 Å². The van der Waals surface area contributed by atoms with E-state index in [0.29, 0.717) is 6.42 Å². The van der Waals surface area contributed by atoms with Crippen molar-refractivity contribution in [1.29, 1.82) is 0 Å². The number of esters is 2. The normalized spacial score (nSPS) is 21.0. The van der Waals surface area contributed by atoms with Crippen LogP contribution in [0.15, 0.2) is 48.6 Å². The Morgan fingerprint density at radius 2 is 1.09 bits per heavy atom. The molecule has 4 N–H and O–H groups in total. The van der Waals surface area contributed by atoms with Crippen molar-refractivity contribution in [3.63, 3.8) is 0 Å². The molecular weight excluding hydrogens is 700 g/mol. The Bertz CT molecular complexity index is 1040. The number of carbonyl (C=O) groups is 2. The van der Waals surface area contributed by atoms with Crippen LogP contribution >= 0.6 is 0 Å². The summed E-state index contributed by atoms with van der Waals surface area (Å²) in [5.74, 6) is -0.838. The molecule has 1 heterocycles. The van der Waals surface area contributed by atoms with Gasteiger partial charge in [-0.05, 0) is 57.8 Å². The highest BCUT2D eigenvalue weighted by Crippen LogP contribution is 2.22. The number of unbranched alkanes of at least 4 members (excludes halogenated alkanes) is 18. The predicted octanol–water partition coefficient (Wildman–Crippen LogP) is 8.88. The monoisotopic (exact) mass is 779 g/mol. The maximum atomic E-state index is 12.7. The van der Waals surface area contributed by atoms with Gasteiger partial charge in [-0.3, -0.25) is 9.59 Å². The second-order valence-corrected chi connectivity index (χ2v) is 14.8. The van der Waals surface area contributed by atoms with E-state index in [2.05, 4.69) is 44.2 Å². The van der Waals surface area contributed by atoms with E-state index in [1.165, 1.54) is 64.2 Å². The number of carbonyl (C=O) groups excluding carboxylic acids is 2. The Morgan fingerprint density at radius 1 is 0.582 bits per heavy atom. The van der Waals surface area contributed by atoms with Gasteiger partial charge in [-0.15, -0.1) is 0 Å². The quantitative estimate of drug-likeness (QED) is 0.0213. The molecule has 0 bridgehead atoms. The Hall–Kier alpha value is -2.34. The fraction of sp³-hybridized carbons (Fsp3) is 0.778. The van der Waals surface area contributed by atoms with Gasteiger partial charge in [-0.2, -0.15) is 0 Å². The lowest BCUT2D eigenvalue weighted by molar-refractivity contribution is -0.305.